The Balaban J connectivity index is 1.57. The minimum absolute atomic E-state index is 0.130. The summed E-state index contributed by atoms with van der Waals surface area (Å²) in [5, 5.41) is 5.14. The molecule has 3 aromatic rings. The molecule has 1 aromatic heterocycles. The Hall–Kier alpha value is -3.68. The number of urea groups is 1. The number of nitrogens with one attached hydrogen (secondary N) is 2. The highest BCUT2D eigenvalue weighted by molar-refractivity contribution is 5.93. The average molecular weight is 368 g/mol. The van der Waals surface area contributed by atoms with Crippen LogP contribution < -0.4 is 16.4 Å². The van der Waals surface area contributed by atoms with Crippen molar-refractivity contribution in [3.8, 4) is 11.3 Å². The summed E-state index contributed by atoms with van der Waals surface area (Å²) in [5.74, 6) is 0.000506. The average Bonchev–Trinajstić information content (AvgIpc) is 3.09. The van der Waals surface area contributed by atoms with E-state index in [1.807, 2.05) is 0 Å². The van der Waals surface area contributed by atoms with Crippen molar-refractivity contribution < 1.29 is 18.4 Å². The number of aryl methyl sites for hydroxylation is 1. The number of oxazole rings is 1. The molecule has 0 saturated heterocycles. The Morgan fingerprint density at radius 2 is 1.81 bits per heavy atom. The molecule has 0 aliphatic carbocycles. The fraction of sp³-hybridized carbons (Fsp3) is 0.105. The minimum Gasteiger partial charge on any atom is -0.441 e. The summed E-state index contributed by atoms with van der Waals surface area (Å²) in [6.45, 7) is 0. The van der Waals surface area contributed by atoms with Crippen LogP contribution in [0, 0.1) is 5.82 Å². The van der Waals surface area contributed by atoms with E-state index in [1.165, 1.54) is 12.3 Å². The molecule has 0 bridgehead atoms. The maximum absolute atomic E-state index is 13.8. The first kappa shape index (κ1) is 18.1. The van der Waals surface area contributed by atoms with E-state index in [9.17, 15) is 14.0 Å². The molecule has 1 heterocycles. The predicted octanol–water partition coefficient (Wildman–Crippen LogP) is 3.54. The largest absolute Gasteiger partial charge is 0.441 e. The number of hydrogen-bond acceptors (Lipinski definition) is 4. The Labute approximate surface area is 154 Å². The first-order chi connectivity index (χ1) is 13.0. The summed E-state index contributed by atoms with van der Waals surface area (Å²) in [7, 11) is 0. The summed E-state index contributed by atoms with van der Waals surface area (Å²) < 4.78 is 19.3. The van der Waals surface area contributed by atoms with E-state index in [-0.39, 0.29) is 18.7 Å². The van der Waals surface area contributed by atoms with Gasteiger partial charge in [0, 0.05) is 24.2 Å². The van der Waals surface area contributed by atoms with Crippen LogP contribution in [0.1, 0.15) is 12.3 Å². The van der Waals surface area contributed by atoms with Crippen LogP contribution in [0.3, 0.4) is 0 Å². The molecule has 27 heavy (non-hydrogen) atoms. The maximum Gasteiger partial charge on any atom is 0.316 e. The zero-order valence-electron chi connectivity index (χ0n) is 14.2. The first-order valence-electron chi connectivity index (χ1n) is 8.17. The molecule has 0 atom stereocenters. The molecule has 3 rings (SSSR count). The Morgan fingerprint density at radius 1 is 1.07 bits per heavy atom. The topological polar surface area (TPSA) is 110 Å². The third kappa shape index (κ3) is 4.91. The number of aromatic nitrogens is 1. The number of halogens is 1. The fourth-order valence-corrected chi connectivity index (χ4v) is 2.47. The quantitative estimate of drug-likeness (QED) is 0.618. The monoisotopic (exact) mass is 368 g/mol. The predicted molar refractivity (Wildman–Crippen MR) is 98.5 cm³/mol. The molecule has 0 fully saturated rings. The van der Waals surface area contributed by atoms with Crippen molar-refractivity contribution in [2.75, 3.05) is 10.6 Å². The SMILES string of the molecule is NC(=O)Nc1cccc(NC(=O)CCc2ncc(-c3ccccc3F)o2)c1. The van der Waals surface area contributed by atoms with E-state index in [4.69, 9.17) is 10.2 Å². The lowest BCUT2D eigenvalue weighted by Gasteiger charge is -2.07. The minimum atomic E-state index is -0.687. The van der Waals surface area contributed by atoms with Crippen LogP contribution in [0.25, 0.3) is 11.3 Å². The number of rotatable bonds is 6. The lowest BCUT2D eigenvalue weighted by Crippen LogP contribution is -2.19. The van der Waals surface area contributed by atoms with Crippen molar-refractivity contribution >= 4 is 23.3 Å². The van der Waals surface area contributed by atoms with Gasteiger partial charge in [0.25, 0.3) is 0 Å². The van der Waals surface area contributed by atoms with Gasteiger partial charge in [-0.2, -0.15) is 0 Å². The molecule has 0 saturated carbocycles. The second-order valence-electron chi connectivity index (χ2n) is 5.72. The lowest BCUT2D eigenvalue weighted by molar-refractivity contribution is -0.116. The molecule has 0 aliphatic heterocycles. The summed E-state index contributed by atoms with van der Waals surface area (Å²) >= 11 is 0. The van der Waals surface area contributed by atoms with E-state index in [1.54, 1.807) is 42.5 Å². The Kier molecular flexibility index (Phi) is 5.46. The van der Waals surface area contributed by atoms with Crippen molar-refractivity contribution in [3.63, 3.8) is 0 Å². The summed E-state index contributed by atoms with van der Waals surface area (Å²) in [6, 6.07) is 12.1. The molecule has 4 N–H and O–H groups in total. The van der Waals surface area contributed by atoms with E-state index in [2.05, 4.69) is 15.6 Å². The smallest absolute Gasteiger partial charge is 0.316 e. The van der Waals surface area contributed by atoms with Gasteiger partial charge in [0.1, 0.15) is 5.82 Å². The third-order valence-electron chi connectivity index (χ3n) is 3.67. The van der Waals surface area contributed by atoms with Gasteiger partial charge in [-0.15, -0.1) is 0 Å². The highest BCUT2D eigenvalue weighted by atomic mass is 19.1. The number of primary amides is 1. The van der Waals surface area contributed by atoms with E-state index in [0.717, 1.165) is 0 Å². The van der Waals surface area contributed by atoms with Crippen LogP contribution in [0.2, 0.25) is 0 Å². The van der Waals surface area contributed by atoms with E-state index >= 15 is 0 Å². The Morgan fingerprint density at radius 3 is 2.56 bits per heavy atom. The summed E-state index contributed by atoms with van der Waals surface area (Å²) in [4.78, 5) is 27.1. The molecular formula is C19H17FN4O3. The van der Waals surface area contributed by atoms with Gasteiger partial charge in [0.2, 0.25) is 5.91 Å². The molecule has 2 aromatic carbocycles. The summed E-state index contributed by atoms with van der Waals surface area (Å²) in [6.07, 6.45) is 1.83. The van der Waals surface area contributed by atoms with Crippen molar-refractivity contribution in [3.05, 3.63) is 66.4 Å². The molecule has 0 radical (unpaired) electrons. The van der Waals surface area contributed by atoms with Gasteiger partial charge in [0.15, 0.2) is 11.7 Å². The number of hydrogen-bond donors (Lipinski definition) is 3. The van der Waals surface area contributed by atoms with Gasteiger partial charge >= 0.3 is 6.03 Å². The van der Waals surface area contributed by atoms with Crippen LogP contribution in [-0.2, 0) is 11.2 Å². The van der Waals surface area contributed by atoms with Crippen LogP contribution in [0.4, 0.5) is 20.6 Å². The zero-order valence-corrected chi connectivity index (χ0v) is 14.2. The van der Waals surface area contributed by atoms with E-state index in [0.29, 0.717) is 28.6 Å². The summed E-state index contributed by atoms with van der Waals surface area (Å²) in [5.41, 5.74) is 6.38. The van der Waals surface area contributed by atoms with Crippen LogP contribution in [-0.4, -0.2) is 16.9 Å². The fourth-order valence-electron chi connectivity index (χ4n) is 2.47. The number of carbonyl (C=O) groups is 2. The second kappa shape index (κ2) is 8.13. The molecule has 8 heteroatoms. The Bertz CT molecular complexity index is 971. The van der Waals surface area contributed by atoms with Gasteiger partial charge in [-0.3, -0.25) is 4.79 Å². The zero-order chi connectivity index (χ0) is 19.2. The van der Waals surface area contributed by atoms with Crippen LogP contribution in [0.15, 0.2) is 59.1 Å². The highest BCUT2D eigenvalue weighted by Gasteiger charge is 2.12. The van der Waals surface area contributed by atoms with Gasteiger partial charge in [-0.25, -0.2) is 14.2 Å². The number of anilines is 2. The number of nitrogens with two attached hydrogens (primary N) is 1. The molecule has 0 unspecified atom stereocenters. The second-order valence-corrected chi connectivity index (χ2v) is 5.72. The van der Waals surface area contributed by atoms with Gasteiger partial charge < -0.3 is 20.8 Å². The molecule has 0 spiro atoms. The van der Waals surface area contributed by atoms with Crippen molar-refractivity contribution in [2.24, 2.45) is 5.73 Å². The molecule has 3 amide bonds. The van der Waals surface area contributed by atoms with Gasteiger partial charge in [0.05, 0.1) is 11.8 Å². The first-order valence-corrected chi connectivity index (χ1v) is 8.17. The maximum atomic E-state index is 13.8. The highest BCUT2D eigenvalue weighted by Crippen LogP contribution is 2.23. The molecule has 0 aliphatic rings. The van der Waals surface area contributed by atoms with Crippen molar-refractivity contribution in [2.45, 2.75) is 12.8 Å². The number of nitrogens with zero attached hydrogens (tertiary/aromatic N) is 1. The van der Waals surface area contributed by atoms with Gasteiger partial charge in [-0.05, 0) is 30.3 Å². The van der Waals surface area contributed by atoms with Crippen LogP contribution >= 0.6 is 0 Å². The van der Waals surface area contributed by atoms with E-state index < -0.39 is 11.8 Å². The lowest BCUT2D eigenvalue weighted by atomic mass is 10.2. The molecule has 7 nitrogen and oxygen atoms in total. The number of benzene rings is 2. The number of amides is 3. The standard InChI is InChI=1S/C19H17FN4O3/c20-15-7-2-1-6-14(15)16-11-22-18(27-16)9-8-17(25)23-12-4-3-5-13(10-12)24-19(21)26/h1-7,10-11H,8-9H2,(H,23,25)(H3,21,24,26). The third-order valence-corrected chi connectivity index (χ3v) is 3.67. The number of carbonyl (C=O) groups excluding carboxylic acids is 2. The molecule has 138 valence electrons. The normalized spacial score (nSPS) is 10.4. The van der Waals surface area contributed by atoms with Crippen molar-refractivity contribution in [1.82, 2.24) is 4.98 Å². The molecular weight excluding hydrogens is 351 g/mol. The van der Waals surface area contributed by atoms with Crippen LogP contribution in [0.5, 0.6) is 0 Å². The van der Waals surface area contributed by atoms with Crippen molar-refractivity contribution in [1.29, 1.82) is 0 Å². The van der Waals surface area contributed by atoms with Gasteiger partial charge in [-0.1, -0.05) is 18.2 Å².